The van der Waals surface area contributed by atoms with Crippen LogP contribution in [0.1, 0.15) is 36.6 Å². The zero-order valence-corrected chi connectivity index (χ0v) is 17.3. The minimum absolute atomic E-state index is 0.210. The maximum atomic E-state index is 12.4. The Morgan fingerprint density at radius 1 is 0.700 bits per heavy atom. The number of carbonyl (C=O) groups is 3. The molecule has 30 heavy (non-hydrogen) atoms. The Kier molecular flexibility index (Phi) is 6.72. The van der Waals surface area contributed by atoms with Crippen molar-refractivity contribution in [2.75, 3.05) is 5.32 Å². The van der Waals surface area contributed by atoms with Crippen LogP contribution in [-0.4, -0.2) is 17.7 Å². The van der Waals surface area contributed by atoms with Crippen LogP contribution in [0.15, 0.2) is 66.7 Å². The van der Waals surface area contributed by atoms with Crippen molar-refractivity contribution in [1.82, 2.24) is 10.9 Å². The molecule has 0 radical (unpaired) electrons. The molecule has 0 aromatic heterocycles. The Morgan fingerprint density at radius 2 is 1.27 bits per heavy atom. The van der Waals surface area contributed by atoms with Gasteiger partial charge in [0.2, 0.25) is 0 Å². The lowest BCUT2D eigenvalue weighted by molar-refractivity contribution is 0.0846. The van der Waals surface area contributed by atoms with Gasteiger partial charge < -0.3 is 5.32 Å². The highest BCUT2D eigenvalue weighted by Gasteiger charge is 2.12. The molecule has 0 aliphatic carbocycles. The maximum absolute atomic E-state index is 12.4. The van der Waals surface area contributed by atoms with Gasteiger partial charge in [0.05, 0.1) is 0 Å². The molecular formula is C22H17Cl2N3O3. The number of carbonyl (C=O) groups excluding carboxylic acids is 3. The third kappa shape index (κ3) is 5.37. The second kappa shape index (κ2) is 9.43. The highest BCUT2D eigenvalue weighted by Crippen LogP contribution is 2.19. The van der Waals surface area contributed by atoms with Crippen molar-refractivity contribution in [2.24, 2.45) is 0 Å². The second-order valence-electron chi connectivity index (χ2n) is 6.41. The SMILES string of the molecule is Cc1ccccc1C(=O)Nc1ccc(C(=O)NNC(=O)c2cc(Cl)cc(Cl)c2)cc1. The lowest BCUT2D eigenvalue weighted by Crippen LogP contribution is -2.41. The molecule has 3 aromatic rings. The van der Waals surface area contributed by atoms with Crippen LogP contribution in [0.5, 0.6) is 0 Å². The van der Waals surface area contributed by atoms with E-state index in [1.165, 1.54) is 30.3 Å². The van der Waals surface area contributed by atoms with Crippen LogP contribution < -0.4 is 16.2 Å². The molecule has 0 heterocycles. The van der Waals surface area contributed by atoms with Gasteiger partial charge in [0.15, 0.2) is 0 Å². The van der Waals surface area contributed by atoms with E-state index < -0.39 is 11.8 Å². The lowest BCUT2D eigenvalue weighted by atomic mass is 10.1. The molecule has 3 rings (SSSR count). The maximum Gasteiger partial charge on any atom is 0.269 e. The number of aryl methyl sites for hydroxylation is 1. The van der Waals surface area contributed by atoms with Gasteiger partial charge in [-0.25, -0.2) is 0 Å². The van der Waals surface area contributed by atoms with E-state index in [4.69, 9.17) is 23.2 Å². The van der Waals surface area contributed by atoms with E-state index in [-0.39, 0.29) is 11.5 Å². The largest absolute Gasteiger partial charge is 0.322 e. The first-order chi connectivity index (χ1) is 14.3. The number of nitrogens with one attached hydrogen (secondary N) is 3. The fourth-order valence-corrected chi connectivity index (χ4v) is 3.20. The number of anilines is 1. The molecule has 0 bridgehead atoms. The first-order valence-electron chi connectivity index (χ1n) is 8.87. The zero-order valence-electron chi connectivity index (χ0n) is 15.8. The fourth-order valence-electron chi connectivity index (χ4n) is 2.67. The van der Waals surface area contributed by atoms with Crippen molar-refractivity contribution < 1.29 is 14.4 Å². The summed E-state index contributed by atoms with van der Waals surface area (Å²) in [5.74, 6) is -1.32. The minimum atomic E-state index is -0.560. The van der Waals surface area contributed by atoms with Crippen molar-refractivity contribution in [3.05, 3.63) is 99.0 Å². The molecule has 0 unspecified atom stereocenters. The van der Waals surface area contributed by atoms with Gasteiger partial charge in [-0.05, 0) is 61.0 Å². The minimum Gasteiger partial charge on any atom is -0.322 e. The summed E-state index contributed by atoms with van der Waals surface area (Å²) in [5, 5.41) is 3.40. The van der Waals surface area contributed by atoms with Crippen molar-refractivity contribution in [1.29, 1.82) is 0 Å². The summed E-state index contributed by atoms with van der Waals surface area (Å²) in [6.07, 6.45) is 0. The highest BCUT2D eigenvalue weighted by atomic mass is 35.5. The smallest absolute Gasteiger partial charge is 0.269 e. The summed E-state index contributed by atoms with van der Waals surface area (Å²) < 4.78 is 0. The number of hydrogen-bond donors (Lipinski definition) is 3. The van der Waals surface area contributed by atoms with Crippen LogP contribution in [0.3, 0.4) is 0 Å². The van der Waals surface area contributed by atoms with Crippen molar-refractivity contribution in [3.63, 3.8) is 0 Å². The van der Waals surface area contributed by atoms with E-state index in [9.17, 15) is 14.4 Å². The van der Waals surface area contributed by atoms with Crippen LogP contribution in [0.25, 0.3) is 0 Å². The Balaban J connectivity index is 1.59. The Bertz CT molecular complexity index is 1090. The molecule has 0 saturated carbocycles. The van der Waals surface area contributed by atoms with Gasteiger partial charge in [0, 0.05) is 32.4 Å². The molecule has 8 heteroatoms. The third-order valence-electron chi connectivity index (χ3n) is 4.21. The van der Waals surface area contributed by atoms with Gasteiger partial charge in [-0.15, -0.1) is 0 Å². The quantitative estimate of drug-likeness (QED) is 0.515. The average molecular weight is 442 g/mol. The van der Waals surface area contributed by atoms with Crippen LogP contribution in [0.4, 0.5) is 5.69 Å². The number of hydrogen-bond acceptors (Lipinski definition) is 3. The summed E-state index contributed by atoms with van der Waals surface area (Å²) in [5.41, 5.74) is 7.10. The topological polar surface area (TPSA) is 87.3 Å². The monoisotopic (exact) mass is 441 g/mol. The Labute approximate surface area is 183 Å². The summed E-state index contributed by atoms with van der Waals surface area (Å²) >= 11 is 11.7. The number of halogens is 2. The van der Waals surface area contributed by atoms with Crippen LogP contribution in [-0.2, 0) is 0 Å². The number of amides is 3. The lowest BCUT2D eigenvalue weighted by Gasteiger charge is -2.10. The first kappa shape index (κ1) is 21.4. The van der Waals surface area contributed by atoms with Gasteiger partial charge in [-0.1, -0.05) is 41.4 Å². The molecule has 0 aliphatic heterocycles. The molecule has 0 aliphatic rings. The van der Waals surface area contributed by atoms with Gasteiger partial charge >= 0.3 is 0 Å². The standard InChI is InChI=1S/C22H17Cl2N3O3/c1-13-4-2-3-5-19(13)22(30)25-18-8-6-14(7-9-18)20(28)26-27-21(29)15-10-16(23)12-17(24)11-15/h2-12H,1H3,(H,25,30)(H,26,28)(H,27,29). The van der Waals surface area contributed by atoms with Crippen molar-refractivity contribution >= 4 is 46.6 Å². The molecule has 6 nitrogen and oxygen atoms in total. The molecule has 3 aromatic carbocycles. The first-order valence-corrected chi connectivity index (χ1v) is 9.63. The average Bonchev–Trinajstić information content (AvgIpc) is 2.71. The van der Waals surface area contributed by atoms with Crippen LogP contribution >= 0.6 is 23.2 Å². The van der Waals surface area contributed by atoms with E-state index in [0.717, 1.165) is 5.56 Å². The van der Waals surface area contributed by atoms with Crippen molar-refractivity contribution in [3.8, 4) is 0 Å². The molecule has 152 valence electrons. The summed E-state index contributed by atoms with van der Waals surface area (Å²) in [4.78, 5) is 36.7. The Hall–Kier alpha value is -3.35. The molecule has 0 atom stereocenters. The number of rotatable bonds is 4. The molecule has 0 fully saturated rings. The Morgan fingerprint density at radius 3 is 1.87 bits per heavy atom. The van der Waals surface area contributed by atoms with E-state index in [2.05, 4.69) is 16.2 Å². The summed E-state index contributed by atoms with van der Waals surface area (Å²) in [6, 6.07) is 17.9. The van der Waals surface area contributed by atoms with Gasteiger partial charge in [-0.2, -0.15) is 0 Å². The van der Waals surface area contributed by atoms with E-state index >= 15 is 0 Å². The zero-order chi connectivity index (χ0) is 21.7. The molecular weight excluding hydrogens is 425 g/mol. The fraction of sp³-hybridized carbons (Fsp3) is 0.0455. The molecule has 0 saturated heterocycles. The highest BCUT2D eigenvalue weighted by molar-refractivity contribution is 6.35. The molecule has 3 N–H and O–H groups in total. The van der Waals surface area contributed by atoms with Crippen molar-refractivity contribution in [2.45, 2.75) is 6.92 Å². The van der Waals surface area contributed by atoms with E-state index in [1.807, 2.05) is 19.1 Å². The second-order valence-corrected chi connectivity index (χ2v) is 7.29. The summed E-state index contributed by atoms with van der Waals surface area (Å²) in [7, 11) is 0. The normalized spacial score (nSPS) is 10.2. The van der Waals surface area contributed by atoms with E-state index in [1.54, 1.807) is 24.3 Å². The van der Waals surface area contributed by atoms with Crippen LogP contribution in [0, 0.1) is 6.92 Å². The van der Waals surface area contributed by atoms with Gasteiger partial charge in [-0.3, -0.25) is 25.2 Å². The number of hydrazine groups is 1. The van der Waals surface area contributed by atoms with Gasteiger partial charge in [0.1, 0.15) is 0 Å². The predicted molar refractivity (Wildman–Crippen MR) is 117 cm³/mol. The third-order valence-corrected chi connectivity index (χ3v) is 4.65. The molecule has 0 spiro atoms. The number of benzene rings is 3. The summed E-state index contributed by atoms with van der Waals surface area (Å²) in [6.45, 7) is 1.86. The predicted octanol–water partition coefficient (Wildman–Crippen LogP) is 4.63. The van der Waals surface area contributed by atoms with Crippen LogP contribution in [0.2, 0.25) is 10.0 Å². The van der Waals surface area contributed by atoms with E-state index in [0.29, 0.717) is 26.9 Å². The van der Waals surface area contributed by atoms with Gasteiger partial charge in [0.25, 0.3) is 17.7 Å². The molecule has 3 amide bonds.